The van der Waals surface area contributed by atoms with Gasteiger partial charge in [0.1, 0.15) is 0 Å². The lowest BCUT2D eigenvalue weighted by atomic mass is 10.2. The van der Waals surface area contributed by atoms with Crippen LogP contribution in [0.25, 0.3) is 0 Å². The number of pyridine rings is 1. The Bertz CT molecular complexity index is 295. The summed E-state index contributed by atoms with van der Waals surface area (Å²) in [4.78, 5) is 3.58. The molecule has 1 nitrogen and oxygen atoms in total. The quantitative estimate of drug-likeness (QED) is 0.678. The number of aryl methyl sites for hydroxylation is 1. The molecule has 0 atom stereocenters. The van der Waals surface area contributed by atoms with E-state index < -0.39 is 11.7 Å². The Hall–Kier alpha value is -0.580. The number of halogens is 4. The number of hydrogen-bond donors (Lipinski definition) is 0. The molecule has 0 radical (unpaired) electrons. The highest BCUT2D eigenvalue weighted by Gasteiger charge is 2.32. The second-order valence-corrected chi connectivity index (χ2v) is 3.20. The van der Waals surface area contributed by atoms with Gasteiger partial charge in [0.2, 0.25) is 0 Å². The lowest BCUT2D eigenvalue weighted by molar-refractivity contribution is -0.138. The van der Waals surface area contributed by atoms with Crippen molar-refractivity contribution in [1.29, 1.82) is 0 Å². The molecule has 0 N–H and O–H groups in total. The molecule has 1 aromatic heterocycles. The molecule has 1 rings (SSSR count). The average molecular weight is 240 g/mol. The summed E-state index contributed by atoms with van der Waals surface area (Å²) in [6.07, 6.45) is -2.98. The van der Waals surface area contributed by atoms with Gasteiger partial charge in [-0.2, -0.15) is 13.2 Å². The summed E-state index contributed by atoms with van der Waals surface area (Å²) >= 11 is 2.93. The number of alkyl halides is 3. The van der Waals surface area contributed by atoms with Crippen molar-refractivity contribution >= 4 is 15.9 Å². The predicted octanol–water partition coefficient (Wildman–Crippen LogP) is 3.17. The topological polar surface area (TPSA) is 12.9 Å². The maximum absolute atomic E-state index is 12.2. The summed E-state index contributed by atoms with van der Waals surface area (Å²) < 4.78 is 36.8. The van der Waals surface area contributed by atoms with Crippen LogP contribution in [0, 0.1) is 6.92 Å². The summed E-state index contributed by atoms with van der Waals surface area (Å²) in [5, 5.41) is 0. The second-order valence-electron chi connectivity index (χ2n) is 2.28. The molecule has 5 heteroatoms. The van der Waals surface area contributed by atoms with Crippen LogP contribution in [0.4, 0.5) is 13.2 Å². The molecule has 0 aliphatic rings. The molecular formula is C7H5BrF3N. The van der Waals surface area contributed by atoms with E-state index >= 15 is 0 Å². The van der Waals surface area contributed by atoms with E-state index in [1.54, 1.807) is 0 Å². The first kappa shape index (κ1) is 9.51. The Morgan fingerprint density at radius 3 is 2.42 bits per heavy atom. The lowest BCUT2D eigenvalue weighted by Gasteiger charge is -2.08. The summed E-state index contributed by atoms with van der Waals surface area (Å²) in [7, 11) is 0. The summed E-state index contributed by atoms with van der Waals surface area (Å²) in [6.45, 7) is 1.33. The fourth-order valence-corrected chi connectivity index (χ4v) is 1.13. The molecule has 1 aromatic rings. The van der Waals surface area contributed by atoms with Gasteiger partial charge < -0.3 is 0 Å². The molecule has 66 valence electrons. The SMILES string of the molecule is Cc1ncc(Br)cc1C(F)(F)F. The molecule has 0 aliphatic heterocycles. The van der Waals surface area contributed by atoms with E-state index in [-0.39, 0.29) is 5.69 Å². The van der Waals surface area contributed by atoms with Gasteiger partial charge in [-0.3, -0.25) is 4.98 Å². The minimum absolute atomic E-state index is 0.00861. The number of hydrogen-bond acceptors (Lipinski definition) is 1. The van der Waals surface area contributed by atoms with Crippen LogP contribution < -0.4 is 0 Å². The van der Waals surface area contributed by atoms with E-state index in [2.05, 4.69) is 20.9 Å². The zero-order valence-corrected chi connectivity index (χ0v) is 7.70. The van der Waals surface area contributed by atoms with Crippen LogP contribution in [-0.2, 0) is 6.18 Å². The third kappa shape index (κ3) is 1.97. The van der Waals surface area contributed by atoms with Crippen LogP contribution in [0.15, 0.2) is 16.7 Å². The summed E-state index contributed by atoms with van der Waals surface area (Å²) in [5.41, 5.74) is -0.706. The van der Waals surface area contributed by atoms with E-state index in [1.807, 2.05) is 0 Å². The van der Waals surface area contributed by atoms with E-state index in [1.165, 1.54) is 13.1 Å². The third-order valence-electron chi connectivity index (χ3n) is 1.36. The van der Waals surface area contributed by atoms with E-state index in [0.29, 0.717) is 4.47 Å². The van der Waals surface area contributed by atoms with Crippen LogP contribution in [0.5, 0.6) is 0 Å². The Labute approximate surface area is 75.7 Å². The zero-order chi connectivity index (χ0) is 9.35. The normalized spacial score (nSPS) is 11.8. The molecule has 0 bridgehead atoms. The van der Waals surface area contributed by atoms with E-state index in [4.69, 9.17) is 0 Å². The van der Waals surface area contributed by atoms with Crippen LogP contribution >= 0.6 is 15.9 Å². The molecule has 0 unspecified atom stereocenters. The summed E-state index contributed by atoms with van der Waals surface area (Å²) in [5.74, 6) is 0. The molecular weight excluding hydrogens is 235 g/mol. The molecule has 12 heavy (non-hydrogen) atoms. The molecule has 0 spiro atoms. The molecule has 0 saturated heterocycles. The van der Waals surface area contributed by atoms with Gasteiger partial charge in [0.05, 0.1) is 5.56 Å². The molecule has 0 fully saturated rings. The van der Waals surface area contributed by atoms with Crippen LogP contribution in [0.1, 0.15) is 11.3 Å². The maximum atomic E-state index is 12.2. The first-order valence-corrected chi connectivity index (χ1v) is 3.90. The van der Waals surface area contributed by atoms with Crippen LogP contribution in [-0.4, -0.2) is 4.98 Å². The predicted molar refractivity (Wildman–Crippen MR) is 41.7 cm³/mol. The highest BCUT2D eigenvalue weighted by molar-refractivity contribution is 9.10. The first-order valence-electron chi connectivity index (χ1n) is 3.10. The van der Waals surface area contributed by atoms with E-state index in [9.17, 15) is 13.2 Å². The molecule has 1 heterocycles. The number of nitrogens with zero attached hydrogens (tertiary/aromatic N) is 1. The minimum atomic E-state index is -4.32. The van der Waals surface area contributed by atoms with Gasteiger partial charge >= 0.3 is 6.18 Å². The van der Waals surface area contributed by atoms with Crippen molar-refractivity contribution in [1.82, 2.24) is 4.98 Å². The van der Waals surface area contributed by atoms with Crippen molar-refractivity contribution in [3.8, 4) is 0 Å². The van der Waals surface area contributed by atoms with Crippen molar-refractivity contribution in [3.63, 3.8) is 0 Å². The van der Waals surface area contributed by atoms with Crippen molar-refractivity contribution in [2.75, 3.05) is 0 Å². The lowest BCUT2D eigenvalue weighted by Crippen LogP contribution is -2.08. The molecule has 0 aliphatic carbocycles. The zero-order valence-electron chi connectivity index (χ0n) is 6.11. The minimum Gasteiger partial charge on any atom is -0.260 e. The van der Waals surface area contributed by atoms with Gasteiger partial charge in [-0.15, -0.1) is 0 Å². The van der Waals surface area contributed by atoms with Crippen molar-refractivity contribution in [2.45, 2.75) is 13.1 Å². The Kier molecular flexibility index (Phi) is 2.41. The number of aromatic nitrogens is 1. The molecule has 0 amide bonds. The van der Waals surface area contributed by atoms with Gasteiger partial charge in [-0.1, -0.05) is 0 Å². The first-order chi connectivity index (χ1) is 5.41. The fraction of sp³-hybridized carbons (Fsp3) is 0.286. The van der Waals surface area contributed by atoms with E-state index in [0.717, 1.165) is 6.07 Å². The fourth-order valence-electron chi connectivity index (χ4n) is 0.795. The highest BCUT2D eigenvalue weighted by atomic mass is 79.9. The van der Waals surface area contributed by atoms with Gasteiger partial charge in [0.15, 0.2) is 0 Å². The van der Waals surface area contributed by atoms with Crippen molar-refractivity contribution in [2.24, 2.45) is 0 Å². The van der Waals surface area contributed by atoms with Crippen LogP contribution in [0.2, 0.25) is 0 Å². The van der Waals surface area contributed by atoms with Gasteiger partial charge in [0, 0.05) is 16.4 Å². The van der Waals surface area contributed by atoms with Crippen molar-refractivity contribution < 1.29 is 13.2 Å². The highest BCUT2D eigenvalue weighted by Crippen LogP contribution is 2.32. The Morgan fingerprint density at radius 2 is 2.00 bits per heavy atom. The Balaban J connectivity index is 3.23. The second kappa shape index (κ2) is 3.05. The smallest absolute Gasteiger partial charge is 0.260 e. The van der Waals surface area contributed by atoms with Crippen molar-refractivity contribution in [3.05, 3.63) is 28.0 Å². The van der Waals surface area contributed by atoms with Gasteiger partial charge in [-0.05, 0) is 28.9 Å². The maximum Gasteiger partial charge on any atom is 0.418 e. The van der Waals surface area contributed by atoms with Crippen LogP contribution in [0.3, 0.4) is 0 Å². The van der Waals surface area contributed by atoms with Gasteiger partial charge in [-0.25, -0.2) is 0 Å². The third-order valence-corrected chi connectivity index (χ3v) is 1.79. The standard InChI is InChI=1S/C7H5BrF3N/c1-4-6(7(9,10)11)2-5(8)3-12-4/h2-3H,1H3. The number of rotatable bonds is 0. The largest absolute Gasteiger partial charge is 0.418 e. The van der Waals surface area contributed by atoms with Gasteiger partial charge in [0.25, 0.3) is 0 Å². The Morgan fingerprint density at radius 1 is 1.42 bits per heavy atom. The molecule has 0 saturated carbocycles. The molecule has 0 aromatic carbocycles. The summed E-state index contributed by atoms with van der Waals surface area (Å²) in [6, 6.07) is 1.02. The monoisotopic (exact) mass is 239 g/mol. The average Bonchev–Trinajstić information content (AvgIpc) is 1.92.